The molecule has 0 heterocycles. The van der Waals surface area contributed by atoms with Crippen LogP contribution >= 0.6 is 0 Å². The number of Topliss-reactive ketones (excluding diaryl/α,β-unsaturated/α-hetero) is 1. The van der Waals surface area contributed by atoms with E-state index in [9.17, 15) is 9.59 Å². The Morgan fingerprint density at radius 2 is 1.85 bits per heavy atom. The van der Waals surface area contributed by atoms with Gasteiger partial charge >= 0.3 is 5.97 Å². The second-order valence-electron chi connectivity index (χ2n) is 6.67. The van der Waals surface area contributed by atoms with Gasteiger partial charge in [0.15, 0.2) is 0 Å². The van der Waals surface area contributed by atoms with Gasteiger partial charge < -0.3 is 4.74 Å². The smallest absolute Gasteiger partial charge is 0.311 e. The van der Waals surface area contributed by atoms with Gasteiger partial charge in [-0.15, -0.1) is 0 Å². The van der Waals surface area contributed by atoms with E-state index >= 15 is 0 Å². The largest absolute Gasteiger partial charge is 0.461 e. The highest BCUT2D eigenvalue weighted by Crippen LogP contribution is 2.40. The van der Waals surface area contributed by atoms with E-state index in [1.54, 1.807) is 0 Å². The Morgan fingerprint density at radius 1 is 1.25 bits per heavy atom. The molecule has 2 atom stereocenters. The van der Waals surface area contributed by atoms with Crippen molar-refractivity contribution in [2.24, 2.45) is 5.41 Å². The second-order valence-corrected chi connectivity index (χ2v) is 6.67. The van der Waals surface area contributed by atoms with Gasteiger partial charge in [0.05, 0.1) is 10.8 Å². The maximum Gasteiger partial charge on any atom is 0.311 e. The minimum absolute atomic E-state index is 0.149. The standard InChI is InChI=1S/C17H22O3/c1-16(2,3)15(19)20-14-11-10-13(18)17(14,4)12-8-6-5-7-9-12/h5-9,14H,10-11H2,1-4H3/t14-,17+/m1/s1. The number of hydrogen-bond acceptors (Lipinski definition) is 3. The fourth-order valence-electron chi connectivity index (χ4n) is 2.60. The van der Waals surface area contributed by atoms with E-state index in [0.29, 0.717) is 12.8 Å². The first-order valence-corrected chi connectivity index (χ1v) is 7.06. The summed E-state index contributed by atoms with van der Waals surface area (Å²) in [5.41, 5.74) is -0.347. The van der Waals surface area contributed by atoms with Crippen LogP contribution in [0.4, 0.5) is 0 Å². The summed E-state index contributed by atoms with van der Waals surface area (Å²) in [5.74, 6) is -0.102. The number of ketones is 1. The van der Waals surface area contributed by atoms with Crippen LogP contribution in [0.15, 0.2) is 30.3 Å². The van der Waals surface area contributed by atoms with Crippen molar-refractivity contribution in [2.75, 3.05) is 0 Å². The predicted octanol–water partition coefficient (Wildman–Crippen LogP) is 3.27. The summed E-state index contributed by atoms with van der Waals surface area (Å²) in [7, 11) is 0. The van der Waals surface area contributed by atoms with Crippen LogP contribution < -0.4 is 0 Å². The highest BCUT2D eigenvalue weighted by Gasteiger charge is 2.50. The number of benzene rings is 1. The van der Waals surface area contributed by atoms with Crippen LogP contribution in [0.1, 0.15) is 46.1 Å². The molecule has 20 heavy (non-hydrogen) atoms. The normalized spacial score (nSPS) is 26.6. The van der Waals surface area contributed by atoms with E-state index in [1.165, 1.54) is 0 Å². The number of rotatable bonds is 2. The summed E-state index contributed by atoms with van der Waals surface area (Å²) in [6.45, 7) is 7.36. The first-order chi connectivity index (χ1) is 9.26. The van der Waals surface area contributed by atoms with Gasteiger partial charge in [0.25, 0.3) is 0 Å². The molecule has 0 saturated heterocycles. The molecule has 1 saturated carbocycles. The van der Waals surface area contributed by atoms with Gasteiger partial charge in [-0.1, -0.05) is 30.3 Å². The van der Waals surface area contributed by atoms with Gasteiger partial charge in [-0.2, -0.15) is 0 Å². The number of hydrogen-bond donors (Lipinski definition) is 0. The van der Waals surface area contributed by atoms with E-state index in [-0.39, 0.29) is 17.9 Å². The SMILES string of the molecule is CC(C)(C)C(=O)O[C@@H]1CCC(=O)[C@]1(C)c1ccccc1. The van der Waals surface area contributed by atoms with Gasteiger partial charge in [-0.05, 0) is 39.7 Å². The van der Waals surface area contributed by atoms with Crippen molar-refractivity contribution in [1.29, 1.82) is 0 Å². The highest BCUT2D eigenvalue weighted by molar-refractivity contribution is 5.93. The summed E-state index contributed by atoms with van der Waals surface area (Å²) < 4.78 is 5.66. The Bertz CT molecular complexity index is 513. The highest BCUT2D eigenvalue weighted by atomic mass is 16.5. The monoisotopic (exact) mass is 274 g/mol. The van der Waals surface area contributed by atoms with E-state index < -0.39 is 10.8 Å². The van der Waals surface area contributed by atoms with Gasteiger partial charge in [-0.25, -0.2) is 0 Å². The maximum absolute atomic E-state index is 12.3. The second kappa shape index (κ2) is 5.04. The molecule has 1 aromatic carbocycles. The Labute approximate surface area is 120 Å². The molecule has 0 bridgehead atoms. The number of carbonyl (C=O) groups excluding carboxylic acids is 2. The van der Waals surface area contributed by atoms with Crippen molar-refractivity contribution in [2.45, 2.75) is 52.1 Å². The average Bonchev–Trinajstić information content (AvgIpc) is 2.68. The predicted molar refractivity (Wildman–Crippen MR) is 77.4 cm³/mol. The number of ether oxygens (including phenoxy) is 1. The first kappa shape index (κ1) is 14.8. The average molecular weight is 274 g/mol. The summed E-state index contributed by atoms with van der Waals surface area (Å²) >= 11 is 0. The zero-order valence-corrected chi connectivity index (χ0v) is 12.6. The third-order valence-electron chi connectivity index (χ3n) is 4.09. The van der Waals surface area contributed by atoms with Crippen molar-refractivity contribution in [3.63, 3.8) is 0 Å². The molecular formula is C17H22O3. The minimum Gasteiger partial charge on any atom is -0.461 e. The third-order valence-corrected chi connectivity index (χ3v) is 4.09. The van der Waals surface area contributed by atoms with Crippen molar-refractivity contribution >= 4 is 11.8 Å². The van der Waals surface area contributed by atoms with Gasteiger partial charge in [0, 0.05) is 6.42 Å². The van der Waals surface area contributed by atoms with E-state index in [2.05, 4.69) is 0 Å². The zero-order valence-electron chi connectivity index (χ0n) is 12.6. The van der Waals surface area contributed by atoms with Gasteiger partial charge in [0.1, 0.15) is 11.9 Å². The van der Waals surface area contributed by atoms with Crippen LogP contribution in [0.25, 0.3) is 0 Å². The maximum atomic E-state index is 12.3. The van der Waals surface area contributed by atoms with Gasteiger partial charge in [-0.3, -0.25) is 9.59 Å². The Hall–Kier alpha value is -1.64. The van der Waals surface area contributed by atoms with E-state index in [4.69, 9.17) is 4.74 Å². The summed E-state index contributed by atoms with van der Waals surface area (Å²) in [5, 5.41) is 0. The van der Waals surface area contributed by atoms with Crippen molar-refractivity contribution in [3.05, 3.63) is 35.9 Å². The number of esters is 1. The topological polar surface area (TPSA) is 43.4 Å². The lowest BCUT2D eigenvalue weighted by Gasteiger charge is -2.32. The summed E-state index contributed by atoms with van der Waals surface area (Å²) in [4.78, 5) is 24.5. The molecule has 0 radical (unpaired) electrons. The number of carbonyl (C=O) groups is 2. The molecular weight excluding hydrogens is 252 g/mol. The van der Waals surface area contributed by atoms with Crippen LogP contribution in [0.2, 0.25) is 0 Å². The Kier molecular flexibility index (Phi) is 3.72. The molecule has 0 N–H and O–H groups in total. The molecule has 1 aromatic rings. The van der Waals surface area contributed by atoms with E-state index in [0.717, 1.165) is 5.56 Å². The fraction of sp³-hybridized carbons (Fsp3) is 0.529. The molecule has 1 aliphatic carbocycles. The molecule has 1 aliphatic rings. The molecule has 0 aliphatic heterocycles. The molecule has 3 heteroatoms. The molecule has 0 amide bonds. The van der Waals surface area contributed by atoms with Gasteiger partial charge in [0.2, 0.25) is 0 Å². The van der Waals surface area contributed by atoms with E-state index in [1.807, 2.05) is 58.0 Å². The van der Waals surface area contributed by atoms with Crippen LogP contribution in [-0.2, 0) is 19.7 Å². The van der Waals surface area contributed by atoms with Crippen LogP contribution in [0.3, 0.4) is 0 Å². The fourth-order valence-corrected chi connectivity index (χ4v) is 2.60. The molecule has 2 rings (SSSR count). The lowest BCUT2D eigenvalue weighted by atomic mass is 9.78. The van der Waals surface area contributed by atoms with Crippen molar-refractivity contribution in [1.82, 2.24) is 0 Å². The van der Waals surface area contributed by atoms with Crippen molar-refractivity contribution < 1.29 is 14.3 Å². The van der Waals surface area contributed by atoms with Crippen LogP contribution in [-0.4, -0.2) is 17.9 Å². The molecule has 3 nitrogen and oxygen atoms in total. The summed E-state index contributed by atoms with van der Waals surface area (Å²) in [6, 6.07) is 9.61. The Morgan fingerprint density at radius 3 is 2.40 bits per heavy atom. The molecule has 1 fully saturated rings. The Balaban J connectivity index is 2.30. The van der Waals surface area contributed by atoms with Crippen molar-refractivity contribution in [3.8, 4) is 0 Å². The molecule has 0 spiro atoms. The summed E-state index contributed by atoms with van der Waals surface area (Å²) in [6.07, 6.45) is 0.698. The lowest BCUT2D eigenvalue weighted by Crippen LogP contribution is -2.42. The van der Waals surface area contributed by atoms with Crippen LogP contribution in [0.5, 0.6) is 0 Å². The zero-order chi connectivity index (χ0) is 15.0. The molecule has 0 aromatic heterocycles. The minimum atomic E-state index is -0.720. The third kappa shape index (κ3) is 2.49. The quantitative estimate of drug-likeness (QED) is 0.777. The molecule has 108 valence electrons. The molecule has 0 unspecified atom stereocenters. The first-order valence-electron chi connectivity index (χ1n) is 7.06. The lowest BCUT2D eigenvalue weighted by molar-refractivity contribution is -0.161. The van der Waals surface area contributed by atoms with Crippen LogP contribution in [0, 0.1) is 5.41 Å².